The minimum absolute atomic E-state index is 0.149. The van der Waals surface area contributed by atoms with Gasteiger partial charge in [0, 0.05) is 6.42 Å². The van der Waals surface area contributed by atoms with E-state index in [-0.39, 0.29) is 18.5 Å². The number of anilines is 1. The van der Waals surface area contributed by atoms with Crippen molar-refractivity contribution < 1.29 is 27.5 Å². The highest BCUT2D eigenvalue weighted by Crippen LogP contribution is 2.62. The van der Waals surface area contributed by atoms with E-state index in [2.05, 4.69) is 0 Å². The van der Waals surface area contributed by atoms with Crippen LogP contribution in [0, 0.1) is 34.5 Å². The van der Waals surface area contributed by atoms with Crippen LogP contribution in [-0.4, -0.2) is 23.0 Å². The van der Waals surface area contributed by atoms with Crippen molar-refractivity contribution in [2.24, 2.45) is 11.8 Å². The fourth-order valence-electron chi connectivity index (χ4n) is 5.14. The Morgan fingerprint density at radius 1 is 1.21 bits per heavy atom. The van der Waals surface area contributed by atoms with Gasteiger partial charge >= 0.3 is 6.18 Å². The molecule has 3 heterocycles. The molecule has 0 aliphatic carbocycles. The number of fused-ring (bicyclic) bond motifs is 5. The third kappa shape index (κ3) is 2.57. The lowest BCUT2D eigenvalue weighted by atomic mass is 9.67. The number of imide groups is 1. The molecule has 1 aromatic rings. The Balaban J connectivity index is 1.78. The van der Waals surface area contributed by atoms with E-state index in [0.29, 0.717) is 18.9 Å². The molecule has 6 nitrogen and oxygen atoms in total. The van der Waals surface area contributed by atoms with Gasteiger partial charge in [-0.2, -0.15) is 23.7 Å². The van der Waals surface area contributed by atoms with Gasteiger partial charge in [-0.15, -0.1) is 0 Å². The Morgan fingerprint density at radius 3 is 2.52 bits per heavy atom. The van der Waals surface area contributed by atoms with Crippen molar-refractivity contribution >= 4 is 17.5 Å². The van der Waals surface area contributed by atoms with Gasteiger partial charge in [0.2, 0.25) is 11.8 Å². The molecule has 2 unspecified atom stereocenters. The van der Waals surface area contributed by atoms with Crippen LogP contribution >= 0.6 is 0 Å². The summed E-state index contributed by atoms with van der Waals surface area (Å²) in [5, 5.41) is 17.9. The van der Waals surface area contributed by atoms with Gasteiger partial charge in [-0.3, -0.25) is 9.59 Å². The van der Waals surface area contributed by atoms with Crippen molar-refractivity contribution in [1.29, 1.82) is 10.5 Å². The average molecular weight is 403 g/mol. The molecular formula is C20H16F3N3O3. The van der Waals surface area contributed by atoms with E-state index in [0.717, 1.165) is 11.0 Å². The predicted octanol–water partition coefficient (Wildman–Crippen LogP) is 3.31. The van der Waals surface area contributed by atoms with Gasteiger partial charge in [0.1, 0.15) is 0 Å². The van der Waals surface area contributed by atoms with Crippen molar-refractivity contribution in [3.05, 3.63) is 29.3 Å². The Labute approximate surface area is 164 Å². The quantitative estimate of drug-likeness (QED) is 0.722. The molecule has 3 fully saturated rings. The van der Waals surface area contributed by atoms with Crippen LogP contribution < -0.4 is 4.90 Å². The summed E-state index contributed by atoms with van der Waals surface area (Å²) in [5.74, 6) is -2.84. The first-order valence-corrected chi connectivity index (χ1v) is 9.14. The molecule has 150 valence electrons. The monoisotopic (exact) mass is 403 g/mol. The molecule has 4 atom stereocenters. The van der Waals surface area contributed by atoms with Crippen LogP contribution in [0.3, 0.4) is 0 Å². The second-order valence-corrected chi connectivity index (χ2v) is 7.94. The van der Waals surface area contributed by atoms with Gasteiger partial charge in [0.25, 0.3) is 0 Å². The lowest BCUT2D eigenvalue weighted by Gasteiger charge is -2.30. The van der Waals surface area contributed by atoms with E-state index >= 15 is 0 Å². The van der Waals surface area contributed by atoms with Crippen molar-refractivity contribution in [2.45, 2.75) is 50.0 Å². The molecule has 29 heavy (non-hydrogen) atoms. The first-order valence-electron chi connectivity index (χ1n) is 9.14. The smallest absolute Gasteiger partial charge is 0.367 e. The molecule has 9 heteroatoms. The molecule has 0 N–H and O–H groups in total. The van der Waals surface area contributed by atoms with Gasteiger partial charge in [-0.1, -0.05) is 0 Å². The summed E-state index contributed by atoms with van der Waals surface area (Å²) in [6.07, 6.45) is -3.32. The van der Waals surface area contributed by atoms with Crippen LogP contribution in [0.4, 0.5) is 18.9 Å². The molecule has 4 rings (SSSR count). The normalized spacial score (nSPS) is 33.0. The number of nitriles is 2. The Bertz CT molecular complexity index is 1010. The van der Waals surface area contributed by atoms with Crippen LogP contribution in [0.2, 0.25) is 0 Å². The maximum Gasteiger partial charge on any atom is 0.417 e. The molecule has 0 aromatic heterocycles. The number of benzene rings is 1. The number of halogens is 3. The summed E-state index contributed by atoms with van der Waals surface area (Å²) >= 11 is 0. The number of nitrogens with zero attached hydrogens (tertiary/aromatic N) is 3. The topological polar surface area (TPSA) is 94.2 Å². The molecule has 2 amide bonds. The highest BCUT2D eigenvalue weighted by atomic mass is 19.4. The molecular weight excluding hydrogens is 387 g/mol. The predicted molar refractivity (Wildman–Crippen MR) is 91.9 cm³/mol. The molecule has 3 aliphatic rings. The number of hydrogen-bond donors (Lipinski definition) is 0. The van der Waals surface area contributed by atoms with Crippen LogP contribution in [0.1, 0.15) is 43.7 Å². The van der Waals surface area contributed by atoms with Crippen LogP contribution in [-0.2, 0) is 20.5 Å². The second-order valence-electron chi connectivity index (χ2n) is 7.94. The number of amides is 2. The Kier molecular flexibility index (Phi) is 4.04. The number of carbonyl (C=O) groups is 2. The summed E-state index contributed by atoms with van der Waals surface area (Å²) in [5.41, 5.74) is -3.82. The number of carbonyl (C=O) groups excluding carboxylic acids is 2. The van der Waals surface area contributed by atoms with Gasteiger partial charge in [0.15, 0.2) is 0 Å². The maximum atomic E-state index is 13.3. The molecule has 0 spiro atoms. The summed E-state index contributed by atoms with van der Waals surface area (Å²) in [6.45, 7) is 1.74. The fourth-order valence-corrected chi connectivity index (χ4v) is 5.14. The Hall–Kier alpha value is -2.91. The van der Waals surface area contributed by atoms with Crippen molar-refractivity contribution in [2.75, 3.05) is 4.90 Å². The van der Waals surface area contributed by atoms with Gasteiger partial charge in [-0.25, -0.2) is 4.90 Å². The number of rotatable bonds is 3. The number of alkyl halides is 3. The summed E-state index contributed by atoms with van der Waals surface area (Å²) in [4.78, 5) is 27.1. The zero-order valence-electron chi connectivity index (χ0n) is 15.4. The highest BCUT2D eigenvalue weighted by Gasteiger charge is 2.73. The van der Waals surface area contributed by atoms with E-state index in [1.54, 1.807) is 6.92 Å². The largest absolute Gasteiger partial charge is 0.417 e. The fraction of sp³-hybridized carbons (Fsp3) is 0.500. The molecule has 3 saturated heterocycles. The molecule has 3 aliphatic heterocycles. The molecule has 0 saturated carbocycles. The third-order valence-corrected chi connectivity index (χ3v) is 6.36. The van der Waals surface area contributed by atoms with Crippen LogP contribution in [0.15, 0.2) is 18.2 Å². The van der Waals surface area contributed by atoms with E-state index in [9.17, 15) is 22.8 Å². The minimum atomic E-state index is -4.80. The third-order valence-electron chi connectivity index (χ3n) is 6.36. The summed E-state index contributed by atoms with van der Waals surface area (Å²) in [6, 6.07) is 6.32. The summed E-state index contributed by atoms with van der Waals surface area (Å²) < 4.78 is 46.1. The first-order chi connectivity index (χ1) is 13.6. The first kappa shape index (κ1) is 19.4. The Morgan fingerprint density at radius 2 is 1.90 bits per heavy atom. The van der Waals surface area contributed by atoms with E-state index in [4.69, 9.17) is 15.3 Å². The SMILES string of the molecule is CC12CCC(CCC#N)(O1)[C@@H]1C(=O)N(c3ccc(C#N)c(C(F)(F)F)c3)C(=O)[C@@H]12. The van der Waals surface area contributed by atoms with E-state index in [1.807, 2.05) is 6.07 Å². The zero-order valence-corrected chi connectivity index (χ0v) is 15.4. The molecule has 1 aromatic carbocycles. The minimum Gasteiger partial charge on any atom is -0.367 e. The average Bonchev–Trinajstić information content (AvgIpc) is 3.24. The maximum absolute atomic E-state index is 13.3. The molecule has 2 bridgehead atoms. The van der Waals surface area contributed by atoms with Crippen molar-refractivity contribution in [1.82, 2.24) is 0 Å². The number of hydrogen-bond acceptors (Lipinski definition) is 5. The second kappa shape index (κ2) is 6.04. The van der Waals surface area contributed by atoms with Crippen molar-refractivity contribution in [3.8, 4) is 12.1 Å². The van der Waals surface area contributed by atoms with Crippen LogP contribution in [0.5, 0.6) is 0 Å². The van der Waals surface area contributed by atoms with Crippen molar-refractivity contribution in [3.63, 3.8) is 0 Å². The highest BCUT2D eigenvalue weighted by molar-refractivity contribution is 6.23. The lowest BCUT2D eigenvalue weighted by Crippen LogP contribution is -2.42. The van der Waals surface area contributed by atoms with E-state index in [1.165, 1.54) is 12.1 Å². The zero-order chi connectivity index (χ0) is 21.2. The lowest BCUT2D eigenvalue weighted by molar-refractivity contribution is -0.138. The number of ether oxygens (including phenoxy) is 1. The van der Waals surface area contributed by atoms with Gasteiger partial charge < -0.3 is 4.74 Å². The summed E-state index contributed by atoms with van der Waals surface area (Å²) in [7, 11) is 0. The molecule has 0 radical (unpaired) electrons. The van der Waals surface area contributed by atoms with E-state index < -0.39 is 52.2 Å². The van der Waals surface area contributed by atoms with Crippen LogP contribution in [0.25, 0.3) is 0 Å². The van der Waals surface area contributed by atoms with Gasteiger partial charge in [-0.05, 0) is 44.4 Å². The standard InChI is InChI=1S/C20H16F3N3O3/c1-18-6-7-19(29-18,5-2-8-24)15-14(18)16(27)26(17(15)28)12-4-3-11(10-25)13(9-12)20(21,22)23/h3-4,9,14-15H,2,5-7H2,1H3/t14-,15+,18?,19?/m1/s1. The van der Waals surface area contributed by atoms with Gasteiger partial charge in [0.05, 0.1) is 52.0 Å².